The molecule has 0 bridgehead atoms. The van der Waals surface area contributed by atoms with Crippen molar-refractivity contribution in [3.63, 3.8) is 0 Å². The molecular formula is C19H28N4O2. The third-order valence-electron chi connectivity index (χ3n) is 5.06. The van der Waals surface area contributed by atoms with E-state index in [4.69, 9.17) is 4.98 Å². The quantitative estimate of drug-likeness (QED) is 0.885. The largest absolute Gasteiger partial charge is 0.391 e. The fourth-order valence-electron chi connectivity index (χ4n) is 3.35. The number of aromatic nitrogens is 2. The molecule has 0 radical (unpaired) electrons. The molecule has 1 amide bonds. The predicted molar refractivity (Wildman–Crippen MR) is 98.0 cm³/mol. The van der Waals surface area contributed by atoms with Gasteiger partial charge in [0.2, 0.25) is 5.91 Å². The summed E-state index contributed by atoms with van der Waals surface area (Å²) in [5.74, 6) is 0.972. The molecule has 2 heterocycles. The molecule has 0 spiro atoms. The van der Waals surface area contributed by atoms with Crippen molar-refractivity contribution in [1.29, 1.82) is 0 Å². The monoisotopic (exact) mass is 344 g/mol. The van der Waals surface area contributed by atoms with Gasteiger partial charge in [-0.05, 0) is 25.0 Å². The number of hydrogen-bond donors (Lipinski definition) is 2. The van der Waals surface area contributed by atoms with E-state index in [1.165, 1.54) is 0 Å². The first kappa shape index (κ1) is 17.9. The minimum atomic E-state index is -0.492. The van der Waals surface area contributed by atoms with Crippen LogP contribution < -0.4 is 5.32 Å². The minimum Gasteiger partial charge on any atom is -0.391 e. The van der Waals surface area contributed by atoms with Gasteiger partial charge in [-0.15, -0.1) is 0 Å². The van der Waals surface area contributed by atoms with Gasteiger partial charge in [0.25, 0.3) is 0 Å². The Balaban J connectivity index is 1.66. The van der Waals surface area contributed by atoms with E-state index in [-0.39, 0.29) is 17.9 Å². The van der Waals surface area contributed by atoms with Gasteiger partial charge in [0, 0.05) is 26.1 Å². The summed E-state index contributed by atoms with van der Waals surface area (Å²) in [5.41, 5.74) is 2.14. The molecule has 1 saturated heterocycles. The van der Waals surface area contributed by atoms with E-state index in [2.05, 4.69) is 20.9 Å². The first-order valence-electron chi connectivity index (χ1n) is 9.07. The molecule has 6 heteroatoms. The van der Waals surface area contributed by atoms with E-state index in [1.54, 1.807) is 0 Å². The third-order valence-corrected chi connectivity index (χ3v) is 5.06. The molecule has 1 aromatic heterocycles. The van der Waals surface area contributed by atoms with Crippen LogP contribution in [0.4, 0.5) is 0 Å². The number of aliphatic hydroxyl groups is 1. The van der Waals surface area contributed by atoms with Crippen molar-refractivity contribution in [3.05, 3.63) is 30.1 Å². The second kappa shape index (κ2) is 7.54. The lowest BCUT2D eigenvalue weighted by Crippen LogP contribution is -2.44. The smallest absolute Gasteiger partial charge is 0.222 e. The van der Waals surface area contributed by atoms with Crippen molar-refractivity contribution in [2.75, 3.05) is 13.1 Å². The number of imidazole rings is 1. The van der Waals surface area contributed by atoms with Gasteiger partial charge in [-0.2, -0.15) is 0 Å². The maximum atomic E-state index is 11.9. The highest BCUT2D eigenvalue weighted by atomic mass is 16.3. The molecule has 136 valence electrons. The number of hydrogen-bond acceptors (Lipinski definition) is 4. The third kappa shape index (κ3) is 4.02. The van der Waals surface area contributed by atoms with Crippen LogP contribution in [0.2, 0.25) is 0 Å². The van der Waals surface area contributed by atoms with Gasteiger partial charge in [-0.1, -0.05) is 26.0 Å². The molecule has 25 heavy (non-hydrogen) atoms. The average Bonchev–Trinajstić information content (AvgIpc) is 2.80. The summed E-state index contributed by atoms with van der Waals surface area (Å²) in [6, 6.07) is 7.97. The molecule has 2 N–H and O–H groups in total. The number of fused-ring (bicyclic) bond motifs is 1. The Morgan fingerprint density at radius 2 is 2.04 bits per heavy atom. The number of aryl methyl sites for hydroxylation is 1. The highest BCUT2D eigenvalue weighted by Crippen LogP contribution is 2.18. The molecule has 2 atom stereocenters. The van der Waals surface area contributed by atoms with Gasteiger partial charge in [0.1, 0.15) is 5.82 Å². The summed E-state index contributed by atoms with van der Waals surface area (Å²) in [5, 5.41) is 13.4. The molecular weight excluding hydrogens is 316 g/mol. The van der Waals surface area contributed by atoms with E-state index >= 15 is 0 Å². The highest BCUT2D eigenvalue weighted by molar-refractivity contribution is 5.78. The number of amides is 1. The van der Waals surface area contributed by atoms with Crippen molar-refractivity contribution >= 4 is 16.9 Å². The number of nitrogens with zero attached hydrogens (tertiary/aromatic N) is 3. The van der Waals surface area contributed by atoms with Gasteiger partial charge < -0.3 is 15.0 Å². The molecule has 0 unspecified atom stereocenters. The Morgan fingerprint density at radius 3 is 2.76 bits per heavy atom. The van der Waals surface area contributed by atoms with Crippen LogP contribution in [0.3, 0.4) is 0 Å². The van der Waals surface area contributed by atoms with E-state index < -0.39 is 6.10 Å². The summed E-state index contributed by atoms with van der Waals surface area (Å²) in [6.45, 7) is 6.14. The van der Waals surface area contributed by atoms with Crippen molar-refractivity contribution in [3.8, 4) is 0 Å². The number of likely N-dealkylation sites (tertiary alicyclic amines) is 1. The first-order valence-corrected chi connectivity index (χ1v) is 9.07. The lowest BCUT2D eigenvalue weighted by molar-refractivity contribution is -0.125. The topological polar surface area (TPSA) is 70.4 Å². The van der Waals surface area contributed by atoms with Gasteiger partial charge in [0.05, 0.1) is 29.7 Å². The second-order valence-electron chi connectivity index (χ2n) is 7.27. The zero-order valence-electron chi connectivity index (χ0n) is 15.3. The molecule has 1 aliphatic heterocycles. The fraction of sp³-hybridized carbons (Fsp3) is 0.579. The number of aliphatic hydroxyl groups excluding tert-OH is 1. The fourth-order valence-corrected chi connectivity index (χ4v) is 3.35. The normalized spacial score (nSPS) is 22.3. The van der Waals surface area contributed by atoms with Gasteiger partial charge in [-0.25, -0.2) is 4.98 Å². The number of carbonyl (C=O) groups is 1. The van der Waals surface area contributed by atoms with Gasteiger partial charge in [-0.3, -0.25) is 9.69 Å². The molecule has 6 nitrogen and oxygen atoms in total. The lowest BCUT2D eigenvalue weighted by Gasteiger charge is -2.22. The van der Waals surface area contributed by atoms with Crippen molar-refractivity contribution < 1.29 is 9.90 Å². The summed E-state index contributed by atoms with van der Waals surface area (Å²) in [4.78, 5) is 19.0. The maximum absolute atomic E-state index is 11.9. The predicted octanol–water partition coefficient (Wildman–Crippen LogP) is 1.67. The van der Waals surface area contributed by atoms with Crippen LogP contribution >= 0.6 is 0 Å². The van der Waals surface area contributed by atoms with E-state index in [0.717, 1.165) is 42.9 Å². The second-order valence-corrected chi connectivity index (χ2v) is 7.27. The molecule has 0 saturated carbocycles. The summed E-state index contributed by atoms with van der Waals surface area (Å²) < 4.78 is 2.13. The van der Waals surface area contributed by atoms with Crippen molar-refractivity contribution in [2.24, 2.45) is 13.0 Å². The zero-order chi connectivity index (χ0) is 18.0. The Kier molecular flexibility index (Phi) is 5.39. The van der Waals surface area contributed by atoms with Crippen molar-refractivity contribution in [1.82, 2.24) is 19.8 Å². The van der Waals surface area contributed by atoms with Crippen LogP contribution in [0.1, 0.15) is 32.5 Å². The Morgan fingerprint density at radius 1 is 1.32 bits per heavy atom. The van der Waals surface area contributed by atoms with Crippen molar-refractivity contribution in [2.45, 2.75) is 45.4 Å². The Labute approximate surface area is 148 Å². The van der Waals surface area contributed by atoms with Gasteiger partial charge >= 0.3 is 0 Å². The van der Waals surface area contributed by atoms with E-state index in [0.29, 0.717) is 6.42 Å². The van der Waals surface area contributed by atoms with Crippen LogP contribution in [0, 0.1) is 5.92 Å². The van der Waals surface area contributed by atoms with Crippen LogP contribution in [0.25, 0.3) is 11.0 Å². The number of para-hydroxylation sites is 2. The molecule has 3 rings (SSSR count). The molecule has 2 aromatic rings. The van der Waals surface area contributed by atoms with Crippen LogP contribution in [0.15, 0.2) is 24.3 Å². The van der Waals surface area contributed by atoms with Crippen LogP contribution in [0.5, 0.6) is 0 Å². The minimum absolute atomic E-state index is 0.00727. The molecule has 0 aliphatic carbocycles. The molecule has 1 aromatic carbocycles. The summed E-state index contributed by atoms with van der Waals surface area (Å²) in [6.07, 6.45) is 0.921. The van der Waals surface area contributed by atoms with Gasteiger partial charge in [0.15, 0.2) is 0 Å². The van der Waals surface area contributed by atoms with Crippen LogP contribution in [-0.4, -0.2) is 50.7 Å². The Bertz CT molecular complexity index is 740. The number of nitrogens with one attached hydrogen (secondary N) is 1. The summed E-state index contributed by atoms with van der Waals surface area (Å²) >= 11 is 0. The number of benzene rings is 1. The lowest BCUT2D eigenvalue weighted by atomic mass is 10.1. The molecule has 1 aliphatic rings. The standard InChI is InChI=1S/C19H28N4O2/c1-13(2)19(25)21-15-8-10-23(11-9-17(15)24)12-18-20-14-6-4-5-7-16(14)22(18)3/h4-7,13,15,17,24H,8-12H2,1-3H3,(H,21,25)/t15-,17-/m0/s1. The van der Waals surface area contributed by atoms with E-state index in [9.17, 15) is 9.90 Å². The first-order chi connectivity index (χ1) is 12.0. The average molecular weight is 344 g/mol. The SMILES string of the molecule is CC(C)C(=O)N[C@H]1CCN(Cc2nc3ccccc3n2C)CC[C@@H]1O. The number of carbonyl (C=O) groups excluding carboxylic acids is 1. The zero-order valence-corrected chi connectivity index (χ0v) is 15.3. The molecule has 1 fully saturated rings. The highest BCUT2D eigenvalue weighted by Gasteiger charge is 2.27. The van der Waals surface area contributed by atoms with Crippen LogP contribution in [-0.2, 0) is 18.4 Å². The summed E-state index contributed by atoms with van der Waals surface area (Å²) in [7, 11) is 2.04. The Hall–Kier alpha value is -1.92. The number of rotatable bonds is 4. The maximum Gasteiger partial charge on any atom is 0.222 e. The van der Waals surface area contributed by atoms with E-state index in [1.807, 2.05) is 39.1 Å².